The molecule has 2 aliphatic carbocycles. The summed E-state index contributed by atoms with van der Waals surface area (Å²) in [6, 6.07) is 34.4. The van der Waals surface area contributed by atoms with Gasteiger partial charge in [-0.15, -0.1) is 43.1 Å². The highest BCUT2D eigenvalue weighted by Gasteiger charge is 2.49. The number of nitrogens with one attached hydrogen (secondary N) is 6. The maximum absolute atomic E-state index is 15.3. The van der Waals surface area contributed by atoms with Crippen molar-refractivity contribution in [3.8, 4) is 33.5 Å². The van der Waals surface area contributed by atoms with E-state index in [2.05, 4.69) is 103 Å². The number of nitriles is 1. The summed E-state index contributed by atoms with van der Waals surface area (Å²) in [6.45, 7) is 31.0. The average Bonchev–Trinajstić information content (AvgIpc) is 1.59. The van der Waals surface area contributed by atoms with E-state index in [1.807, 2.05) is 92.3 Å². The minimum absolute atomic E-state index is 0.0396. The smallest absolute Gasteiger partial charge is 0.258 e. The quantitative estimate of drug-likeness (QED) is 0.0114. The lowest BCUT2D eigenvalue weighted by molar-refractivity contribution is -0.144. The monoisotopic (exact) mass is 2000 g/mol. The molecule has 0 spiro atoms. The van der Waals surface area contributed by atoms with Gasteiger partial charge in [0, 0.05) is 117 Å². The van der Waals surface area contributed by atoms with Gasteiger partial charge in [0.1, 0.15) is 81.6 Å². The SMILES string of the molecule is C=N/C(C)=C(\OCO[C@@H]1C[C@@H](C(=O)N[C@@H](C)c2ccc(C#N)cc2)N(C(=O)[C@@H](NC(=O)Cc2ccc(O[C@H]3C[C@H](NC(=O)CC4N=C(c5ccc(Cl)cc5)c5c(sc(C)c5C)-n5c(C)nnc54)C3)cc2)C(C)(C)C)C1)c1ccc([C@H](C)NC(=O)[C@@H]2C[C@@H](O)CN2C(=O)[C@@H](NC(=O)COc2ccc(O[C@H]3C[C@@H](NC(=O)C[C@@H]4N=C(c5ccc(Cl)cc5)c5c(sc(C)c5C)-n5c(C)nnc54)C3)nc2)C(C)(C)C)cc1. The van der Waals surface area contributed by atoms with Gasteiger partial charge >= 0.3 is 0 Å². The number of aliphatic imine (C=N–C) groups is 3. The number of halogens is 2. The van der Waals surface area contributed by atoms with Crippen LogP contribution in [0.25, 0.3) is 15.8 Å². The predicted octanol–water partition coefficient (Wildman–Crippen LogP) is 14.2. The van der Waals surface area contributed by atoms with Gasteiger partial charge in [0.25, 0.3) is 5.91 Å². The number of aromatic nitrogens is 7. The number of hydrogen-bond acceptors (Lipinski definition) is 25. The molecular weight excluding hydrogens is 1890 g/mol. The van der Waals surface area contributed by atoms with Gasteiger partial charge in [0.2, 0.25) is 47.2 Å². The second kappa shape index (κ2) is 42.8. The van der Waals surface area contributed by atoms with E-state index < -0.39 is 113 Å². The number of rotatable bonds is 33. The Morgan fingerprint density at radius 2 is 1.04 bits per heavy atom. The largest absolute Gasteiger partial charge is 0.490 e. The van der Waals surface area contributed by atoms with E-state index in [0.717, 1.165) is 70.1 Å². The maximum Gasteiger partial charge on any atom is 0.258 e. The molecule has 0 radical (unpaired) electrons. The van der Waals surface area contributed by atoms with Crippen LogP contribution in [0.2, 0.25) is 10.0 Å². The molecule has 33 nitrogen and oxygen atoms in total. The number of carbonyl (C=O) groups excluding carboxylic acids is 8. The first-order chi connectivity index (χ1) is 67.7. The fourth-order valence-electron chi connectivity index (χ4n) is 18.6. The third-order valence-corrected chi connectivity index (χ3v) is 29.8. The number of hydrogen-bond donors (Lipinski definition) is 7. The number of fused-ring (bicyclic) bond motifs is 6. The minimum Gasteiger partial charge on any atom is -0.490 e. The molecule has 5 aromatic heterocycles. The van der Waals surface area contributed by atoms with E-state index in [9.17, 15) is 43.9 Å². The van der Waals surface area contributed by atoms with Crippen LogP contribution in [0, 0.1) is 63.7 Å². The molecule has 10 atom stereocenters. The molecule has 37 heteroatoms. The summed E-state index contributed by atoms with van der Waals surface area (Å²) in [6.07, 6.45) is 1.44. The van der Waals surface area contributed by atoms with Gasteiger partial charge in [-0.2, -0.15) is 5.26 Å². The Morgan fingerprint density at radius 1 is 0.563 bits per heavy atom. The van der Waals surface area contributed by atoms with E-state index in [0.29, 0.717) is 104 Å². The average molecular weight is 2000 g/mol. The van der Waals surface area contributed by atoms with Crippen molar-refractivity contribution in [2.75, 3.05) is 26.5 Å². The third-order valence-electron chi connectivity index (χ3n) is 26.9. The van der Waals surface area contributed by atoms with Crippen LogP contribution in [-0.2, 0) is 54.3 Å². The van der Waals surface area contributed by atoms with Crippen molar-refractivity contribution in [2.24, 2.45) is 25.8 Å². The molecule has 0 bridgehead atoms. The topological polar surface area (TPSA) is 417 Å². The number of benzene rings is 5. The number of β-amino-alcohol motifs (C(OH)–C–C–N with tert-alkyl or cyclic N) is 1. The number of likely N-dealkylation sites (tertiary alicyclic amines) is 2. The van der Waals surface area contributed by atoms with Crippen molar-refractivity contribution in [2.45, 2.75) is 246 Å². The summed E-state index contributed by atoms with van der Waals surface area (Å²) in [7, 11) is 0. The Morgan fingerprint density at radius 3 is 1.51 bits per heavy atom. The molecule has 10 aromatic rings. The van der Waals surface area contributed by atoms with Gasteiger partial charge in [0.15, 0.2) is 30.8 Å². The molecular formula is C105H117Cl2N19O14S2. The number of carbonyl (C=O) groups is 8. The summed E-state index contributed by atoms with van der Waals surface area (Å²) < 4.78 is 35.2. The van der Waals surface area contributed by atoms with Gasteiger partial charge in [-0.05, 0) is 162 Å². The van der Waals surface area contributed by atoms with Crippen molar-refractivity contribution in [1.82, 2.24) is 76.2 Å². The highest BCUT2D eigenvalue weighted by Crippen LogP contribution is 2.44. The van der Waals surface area contributed by atoms with Crippen molar-refractivity contribution in [1.29, 1.82) is 5.26 Å². The van der Waals surface area contributed by atoms with E-state index >= 15 is 4.79 Å². The fourth-order valence-corrected chi connectivity index (χ4v) is 21.3. The van der Waals surface area contributed by atoms with Crippen LogP contribution < -0.4 is 46.1 Å². The molecule has 4 fully saturated rings. The standard InChI is InChI=1S/C105H117Cl2N19O14S2/c1-54-59(6)141-102-89(54)91(67-27-31-70(106)32-28-67)115-80(96-121-119-61(8)125(96)102)46-85(129)113-72-40-77(41-72)139-75-35-19-63(20-36-75)39-84(128)117-94(104(10,11)12)101(135)124-51-79(45-83(124)99(133)112-56(3)65-21-17-64(48-108)18-22-65)137-53-138-93(58(5)109-16)69-25-23-66(24-26-69)57(4)111-98(132)82-44-74(127)50-123(82)100(134)95(105(13,14)15)118-87(131)52-136-76-37-38-88(110-49-76)140-78-42-73(43-78)114-86(130)47-81-97-122-120-62(9)126(97)103-90(55(2)60(7)142-103)92(116-81)68-29-33-71(107)34-30-68/h17-38,49,56-57,72-74,77-83,94-95,127H,16,39-47,50-53H2,1-15H3,(H,111,132)(H,112,133)(H,113,129)(H,114,130)(H,117,128)(H,118,131)/b93-58-/t56-,57-,72-,73-,74+,77-,78+,79+,80?,81-,82-,83-,94+,95+/m0/s1. The minimum atomic E-state index is -1.15. The summed E-state index contributed by atoms with van der Waals surface area (Å²) >= 11 is 15.9. The van der Waals surface area contributed by atoms with E-state index in [1.54, 1.807) is 149 Å². The predicted molar refractivity (Wildman–Crippen MR) is 540 cm³/mol. The second-order valence-electron chi connectivity index (χ2n) is 39.4. The molecule has 142 heavy (non-hydrogen) atoms. The van der Waals surface area contributed by atoms with Crippen LogP contribution in [0.1, 0.15) is 232 Å². The highest BCUT2D eigenvalue weighted by atomic mass is 35.5. The van der Waals surface area contributed by atoms with Gasteiger partial charge in [-0.1, -0.05) is 138 Å². The number of aliphatic hydroxyl groups excluding tert-OH is 1. The lowest BCUT2D eigenvalue weighted by atomic mass is 9.85. The van der Waals surface area contributed by atoms with E-state index in [4.69, 9.17) is 56.9 Å². The molecule has 1 unspecified atom stereocenters. The Balaban J connectivity index is 0.490. The number of thiophene rings is 2. The zero-order valence-corrected chi connectivity index (χ0v) is 85.0. The number of ether oxygens (including phenoxy) is 5. The lowest BCUT2D eigenvalue weighted by Crippen LogP contribution is -2.58. The molecule has 8 amide bonds. The second-order valence-corrected chi connectivity index (χ2v) is 42.7. The summed E-state index contributed by atoms with van der Waals surface area (Å²) in [4.78, 5) is 139. The summed E-state index contributed by atoms with van der Waals surface area (Å²) in [5.41, 5.74) is 9.16. The summed E-state index contributed by atoms with van der Waals surface area (Å²) in [5, 5.41) is 60.0. The van der Waals surface area contributed by atoms with Gasteiger partial charge < -0.3 is 70.5 Å². The Kier molecular flexibility index (Phi) is 30.6. The summed E-state index contributed by atoms with van der Waals surface area (Å²) in [5.74, 6) is 0.557. The number of aliphatic hydroxyl groups is 1. The first kappa shape index (κ1) is 102. The molecule has 742 valence electrons. The van der Waals surface area contributed by atoms with Crippen molar-refractivity contribution < 1.29 is 67.1 Å². The van der Waals surface area contributed by atoms with Crippen LogP contribution in [-0.4, -0.2) is 202 Å². The molecule has 5 aromatic carbocycles. The normalized spacial score (nSPS) is 20.6. The zero-order valence-electron chi connectivity index (χ0n) is 81.9. The van der Waals surface area contributed by atoms with E-state index in [-0.39, 0.29) is 93.8 Å². The van der Waals surface area contributed by atoms with Gasteiger partial charge in [0.05, 0.1) is 78.5 Å². The zero-order chi connectivity index (χ0) is 101. The molecule has 2 saturated carbocycles. The van der Waals surface area contributed by atoms with Gasteiger partial charge in [-0.25, -0.2) is 4.98 Å². The van der Waals surface area contributed by atoms with E-state index in [1.165, 1.54) is 16.0 Å². The number of nitrogens with zero attached hydrogens (tertiary/aromatic N) is 13. The molecule has 2 saturated heterocycles. The van der Waals surface area contributed by atoms with Crippen molar-refractivity contribution in [3.05, 3.63) is 250 Å². The van der Waals surface area contributed by atoms with Crippen molar-refractivity contribution in [3.63, 3.8) is 0 Å². The number of aryl methyl sites for hydroxylation is 4. The number of pyridine rings is 1. The van der Waals surface area contributed by atoms with Gasteiger partial charge in [-0.3, -0.25) is 62.5 Å². The Labute approximate surface area is 842 Å². The van der Waals surface area contributed by atoms with Crippen LogP contribution in [0.3, 0.4) is 0 Å². The maximum atomic E-state index is 15.3. The van der Waals surface area contributed by atoms with Crippen LogP contribution in [0.4, 0.5) is 0 Å². The third kappa shape index (κ3) is 22.9. The number of allylic oxidation sites excluding steroid dienone is 1. The molecule has 6 aliphatic rings. The molecule has 9 heterocycles. The molecule has 7 N–H and O–H groups in total. The fraction of sp³-hybridized carbons (Fsp3) is 0.419. The first-order valence-corrected chi connectivity index (χ1v) is 49.9. The molecule has 16 rings (SSSR count). The van der Waals surface area contributed by atoms with Crippen molar-refractivity contribution >= 4 is 117 Å². The lowest BCUT2D eigenvalue weighted by Gasteiger charge is -2.36. The Bertz CT molecular complexity index is 6580. The molecule has 4 aliphatic heterocycles. The Hall–Kier alpha value is -13.4. The first-order valence-electron chi connectivity index (χ1n) is 47.5. The van der Waals surface area contributed by atoms with Crippen LogP contribution in [0.15, 0.2) is 160 Å². The van der Waals surface area contributed by atoms with Crippen LogP contribution in [0.5, 0.6) is 17.4 Å². The number of amides is 8. The highest BCUT2D eigenvalue weighted by molar-refractivity contribution is 7.15. The van der Waals surface area contributed by atoms with Crippen LogP contribution >= 0.6 is 45.9 Å².